The molecule has 1 aliphatic rings. The summed E-state index contributed by atoms with van der Waals surface area (Å²) in [6, 6.07) is 4.63. The van der Waals surface area contributed by atoms with Crippen molar-refractivity contribution >= 4 is 47.3 Å². The maximum Gasteiger partial charge on any atom is 0.490 e. The van der Waals surface area contributed by atoms with Crippen molar-refractivity contribution in [1.82, 2.24) is 0 Å². The molecule has 0 atom stereocenters. The Bertz CT molecular complexity index is 621. The molecule has 0 amide bonds. The van der Waals surface area contributed by atoms with Crippen LogP contribution in [0.1, 0.15) is 12.8 Å². The van der Waals surface area contributed by atoms with E-state index in [1.165, 1.54) is 12.1 Å². The van der Waals surface area contributed by atoms with Gasteiger partial charge in [0.15, 0.2) is 5.76 Å². The van der Waals surface area contributed by atoms with E-state index in [2.05, 4.69) is 5.32 Å². The first-order chi connectivity index (χ1) is 9.99. The maximum absolute atomic E-state index is 13.5. The van der Waals surface area contributed by atoms with Crippen molar-refractivity contribution in [3.63, 3.8) is 0 Å². The second-order valence-corrected chi connectivity index (χ2v) is 5.06. The Balaban J connectivity index is 2.10. The molecule has 0 unspecified atom stereocenters. The number of benzene rings is 1. The van der Waals surface area contributed by atoms with E-state index in [-0.39, 0.29) is 33.7 Å². The SMILES string of the molecule is OB(O)c1cccc(NC(=S)OC2=C(F)CCC=C2)c1Cl. The Hall–Kier alpha value is -1.41. The lowest BCUT2D eigenvalue weighted by Gasteiger charge is -2.15. The molecule has 2 rings (SSSR count). The van der Waals surface area contributed by atoms with Crippen LogP contribution >= 0.6 is 23.8 Å². The summed E-state index contributed by atoms with van der Waals surface area (Å²) < 4.78 is 18.7. The third kappa shape index (κ3) is 4.04. The van der Waals surface area contributed by atoms with Crippen LogP contribution < -0.4 is 10.8 Å². The molecule has 4 nitrogen and oxygen atoms in total. The third-order valence-electron chi connectivity index (χ3n) is 2.81. The van der Waals surface area contributed by atoms with Crippen LogP contribution in [-0.4, -0.2) is 22.3 Å². The zero-order valence-corrected chi connectivity index (χ0v) is 12.4. The van der Waals surface area contributed by atoms with Crippen molar-refractivity contribution in [2.24, 2.45) is 0 Å². The molecule has 0 saturated carbocycles. The highest BCUT2D eigenvalue weighted by Gasteiger charge is 2.18. The second kappa shape index (κ2) is 7.04. The molecular weight excluding hydrogens is 315 g/mol. The molecule has 0 aliphatic heterocycles. The fourth-order valence-electron chi connectivity index (χ4n) is 1.78. The summed E-state index contributed by atoms with van der Waals surface area (Å²) in [5, 5.41) is 21.1. The minimum atomic E-state index is -1.70. The van der Waals surface area contributed by atoms with Gasteiger partial charge in [-0.2, -0.15) is 0 Å². The number of nitrogens with one attached hydrogen (secondary N) is 1. The quantitative estimate of drug-likeness (QED) is 0.587. The van der Waals surface area contributed by atoms with Crippen molar-refractivity contribution in [3.05, 3.63) is 47.0 Å². The van der Waals surface area contributed by atoms with E-state index in [4.69, 9.17) is 28.6 Å². The third-order valence-corrected chi connectivity index (χ3v) is 3.42. The van der Waals surface area contributed by atoms with Crippen molar-refractivity contribution in [2.45, 2.75) is 12.8 Å². The predicted octanol–water partition coefficient (Wildman–Crippen LogP) is 2.26. The number of hydrogen-bond donors (Lipinski definition) is 3. The molecule has 0 heterocycles. The van der Waals surface area contributed by atoms with Crippen molar-refractivity contribution < 1.29 is 19.2 Å². The van der Waals surface area contributed by atoms with Gasteiger partial charge in [0.1, 0.15) is 5.83 Å². The smallest absolute Gasteiger partial charge is 0.429 e. The molecule has 0 radical (unpaired) electrons. The van der Waals surface area contributed by atoms with Gasteiger partial charge in [-0.3, -0.25) is 0 Å². The van der Waals surface area contributed by atoms with Crippen LogP contribution in [0.15, 0.2) is 41.9 Å². The zero-order chi connectivity index (χ0) is 15.4. The molecule has 110 valence electrons. The molecule has 0 fully saturated rings. The number of anilines is 1. The number of thiocarbonyl (C=S) groups is 1. The summed E-state index contributed by atoms with van der Waals surface area (Å²) in [7, 11) is -1.70. The molecule has 1 aliphatic carbocycles. The largest absolute Gasteiger partial charge is 0.490 e. The monoisotopic (exact) mass is 327 g/mol. The van der Waals surface area contributed by atoms with E-state index in [1.54, 1.807) is 18.2 Å². The van der Waals surface area contributed by atoms with Crippen LogP contribution in [0.3, 0.4) is 0 Å². The molecule has 8 heteroatoms. The van der Waals surface area contributed by atoms with Gasteiger partial charge < -0.3 is 20.1 Å². The summed E-state index contributed by atoms with van der Waals surface area (Å²) in [6.07, 6.45) is 4.21. The number of halogens is 2. The van der Waals surface area contributed by atoms with Crippen molar-refractivity contribution in [2.75, 3.05) is 5.32 Å². The minimum absolute atomic E-state index is 0.0632. The number of allylic oxidation sites excluding steroid dienone is 3. The lowest BCUT2D eigenvalue weighted by Crippen LogP contribution is -2.31. The summed E-state index contributed by atoms with van der Waals surface area (Å²) in [4.78, 5) is 0. The van der Waals surface area contributed by atoms with Crippen molar-refractivity contribution in [1.29, 1.82) is 0 Å². The first-order valence-electron chi connectivity index (χ1n) is 6.17. The molecule has 21 heavy (non-hydrogen) atoms. The van der Waals surface area contributed by atoms with Gasteiger partial charge in [0, 0.05) is 11.9 Å². The Labute approximate surface area is 132 Å². The van der Waals surface area contributed by atoms with Gasteiger partial charge in [-0.1, -0.05) is 29.8 Å². The van der Waals surface area contributed by atoms with Crippen LogP contribution in [0.5, 0.6) is 0 Å². The minimum Gasteiger partial charge on any atom is -0.429 e. The second-order valence-electron chi connectivity index (χ2n) is 4.31. The highest BCUT2D eigenvalue weighted by molar-refractivity contribution is 7.80. The predicted molar refractivity (Wildman–Crippen MR) is 85.1 cm³/mol. The fraction of sp³-hybridized carbons (Fsp3) is 0.154. The molecular formula is C13H12BClFNO3S. The lowest BCUT2D eigenvalue weighted by molar-refractivity contribution is 0.399. The molecule has 3 N–H and O–H groups in total. The normalized spacial score (nSPS) is 14.1. The van der Waals surface area contributed by atoms with Gasteiger partial charge in [0.05, 0.1) is 10.7 Å². The maximum atomic E-state index is 13.5. The van der Waals surface area contributed by atoms with E-state index in [9.17, 15) is 14.4 Å². The van der Waals surface area contributed by atoms with Gasteiger partial charge in [0.25, 0.3) is 5.17 Å². The van der Waals surface area contributed by atoms with E-state index in [1.807, 2.05) is 0 Å². The Morgan fingerprint density at radius 1 is 1.43 bits per heavy atom. The van der Waals surface area contributed by atoms with Gasteiger partial charge in [-0.15, -0.1) is 0 Å². The van der Waals surface area contributed by atoms with Crippen LogP contribution in [0.2, 0.25) is 5.02 Å². The van der Waals surface area contributed by atoms with Gasteiger partial charge in [-0.25, -0.2) is 4.39 Å². The average Bonchev–Trinajstić information content (AvgIpc) is 2.43. The summed E-state index contributed by atoms with van der Waals surface area (Å²) in [6.45, 7) is 0. The van der Waals surface area contributed by atoms with Crippen LogP contribution in [-0.2, 0) is 4.74 Å². The Morgan fingerprint density at radius 3 is 2.86 bits per heavy atom. The molecule has 1 aromatic carbocycles. The standard InChI is InChI=1S/C13H12BClFNO3S/c15-12-8(14(18)19)4-3-6-10(12)17-13(21)20-11-7-2-1-5-9(11)16/h2-4,6-7,18-19H,1,5H2,(H,17,21). The summed E-state index contributed by atoms with van der Waals surface area (Å²) in [5.41, 5.74) is 0.473. The number of ether oxygens (including phenoxy) is 1. The average molecular weight is 328 g/mol. The number of hydrogen-bond acceptors (Lipinski definition) is 4. The van der Waals surface area contributed by atoms with Crippen LogP contribution in [0.25, 0.3) is 0 Å². The van der Waals surface area contributed by atoms with E-state index < -0.39 is 7.12 Å². The zero-order valence-electron chi connectivity index (χ0n) is 10.8. The molecule has 0 spiro atoms. The fourth-order valence-corrected chi connectivity index (χ4v) is 2.26. The van der Waals surface area contributed by atoms with E-state index in [0.29, 0.717) is 12.1 Å². The first-order valence-corrected chi connectivity index (χ1v) is 6.96. The molecule has 1 aromatic rings. The van der Waals surface area contributed by atoms with Gasteiger partial charge in [-0.05, 0) is 30.8 Å². The highest BCUT2D eigenvalue weighted by atomic mass is 35.5. The van der Waals surface area contributed by atoms with Crippen molar-refractivity contribution in [3.8, 4) is 0 Å². The summed E-state index contributed by atoms with van der Waals surface area (Å²) in [5.74, 6) is -0.305. The highest BCUT2D eigenvalue weighted by Crippen LogP contribution is 2.23. The van der Waals surface area contributed by atoms with Crippen LogP contribution in [0.4, 0.5) is 10.1 Å². The Morgan fingerprint density at radius 2 is 2.19 bits per heavy atom. The summed E-state index contributed by atoms with van der Waals surface area (Å²) >= 11 is 11.0. The lowest BCUT2D eigenvalue weighted by atomic mass is 9.80. The molecule has 0 saturated heterocycles. The van der Waals surface area contributed by atoms with E-state index in [0.717, 1.165) is 0 Å². The van der Waals surface area contributed by atoms with Gasteiger partial charge in [0.2, 0.25) is 0 Å². The van der Waals surface area contributed by atoms with Crippen LogP contribution in [0, 0.1) is 0 Å². The molecule has 0 bridgehead atoms. The van der Waals surface area contributed by atoms with Gasteiger partial charge >= 0.3 is 7.12 Å². The molecule has 0 aromatic heterocycles. The topological polar surface area (TPSA) is 61.7 Å². The Kier molecular flexibility index (Phi) is 5.36. The number of rotatable bonds is 3. The van der Waals surface area contributed by atoms with E-state index >= 15 is 0 Å². The first kappa shape index (κ1) is 16.0.